The van der Waals surface area contributed by atoms with E-state index in [1.54, 1.807) is 0 Å². The molecule has 0 aliphatic heterocycles. The molecule has 0 spiro atoms. The zero-order valence-electron chi connectivity index (χ0n) is 11.9. The molecule has 0 N–H and O–H groups in total. The van der Waals surface area contributed by atoms with E-state index < -0.39 is 0 Å². The molecule has 3 rings (SSSR count). The van der Waals surface area contributed by atoms with Crippen LogP contribution in [0.5, 0.6) is 0 Å². The van der Waals surface area contributed by atoms with Crippen LogP contribution >= 0.6 is 11.3 Å². The molecule has 2 aromatic heterocycles. The van der Waals surface area contributed by atoms with E-state index in [1.807, 2.05) is 56.3 Å². The van der Waals surface area contributed by atoms with Crippen molar-refractivity contribution in [2.45, 2.75) is 20.3 Å². The van der Waals surface area contributed by atoms with Gasteiger partial charge in [0.25, 0.3) is 5.56 Å². The van der Waals surface area contributed by atoms with Crippen LogP contribution in [0.4, 0.5) is 0 Å². The molecule has 0 saturated carbocycles. The van der Waals surface area contributed by atoms with Gasteiger partial charge in [0.15, 0.2) is 5.82 Å². The zero-order valence-corrected chi connectivity index (χ0v) is 12.7. The molecule has 0 fully saturated rings. The Morgan fingerprint density at radius 3 is 2.76 bits per heavy atom. The second-order valence-electron chi connectivity index (χ2n) is 4.79. The van der Waals surface area contributed by atoms with Gasteiger partial charge in [0.05, 0.1) is 4.53 Å². The van der Waals surface area contributed by atoms with Crippen molar-refractivity contribution < 1.29 is 0 Å². The quantitative estimate of drug-likeness (QED) is 0.745. The van der Waals surface area contributed by atoms with Crippen LogP contribution in [-0.2, 0) is 6.42 Å². The van der Waals surface area contributed by atoms with Gasteiger partial charge in [0.2, 0.25) is 4.96 Å². The monoisotopic (exact) mass is 297 g/mol. The Hall–Kier alpha value is -2.27. The Morgan fingerprint density at radius 2 is 2.10 bits per heavy atom. The third-order valence-corrected chi connectivity index (χ3v) is 4.05. The van der Waals surface area contributed by atoms with Gasteiger partial charge in [-0.2, -0.15) is 4.52 Å². The minimum Gasteiger partial charge on any atom is -0.266 e. The van der Waals surface area contributed by atoms with Gasteiger partial charge >= 0.3 is 0 Å². The van der Waals surface area contributed by atoms with Crippen molar-refractivity contribution in [3.8, 4) is 0 Å². The molecule has 3 aromatic rings. The van der Waals surface area contributed by atoms with Crippen molar-refractivity contribution in [1.29, 1.82) is 0 Å². The number of aryl methyl sites for hydroxylation is 1. The maximum Gasteiger partial charge on any atom is 0.291 e. The maximum absolute atomic E-state index is 12.3. The molecule has 0 aliphatic rings. The summed E-state index contributed by atoms with van der Waals surface area (Å²) in [7, 11) is 0. The van der Waals surface area contributed by atoms with Crippen LogP contribution in [0.15, 0.2) is 40.7 Å². The highest BCUT2D eigenvalue weighted by atomic mass is 32.1. The van der Waals surface area contributed by atoms with E-state index in [1.165, 1.54) is 15.9 Å². The van der Waals surface area contributed by atoms with E-state index in [0.717, 1.165) is 17.6 Å². The van der Waals surface area contributed by atoms with Crippen LogP contribution in [0.25, 0.3) is 17.1 Å². The molecule has 0 atom stereocenters. The van der Waals surface area contributed by atoms with Crippen molar-refractivity contribution in [3.63, 3.8) is 0 Å². The first-order chi connectivity index (χ1) is 10.2. The van der Waals surface area contributed by atoms with Crippen molar-refractivity contribution in [1.82, 2.24) is 14.6 Å². The van der Waals surface area contributed by atoms with Crippen molar-refractivity contribution in [2.75, 3.05) is 0 Å². The Morgan fingerprint density at radius 1 is 1.33 bits per heavy atom. The fourth-order valence-corrected chi connectivity index (χ4v) is 3.06. The summed E-state index contributed by atoms with van der Waals surface area (Å²) in [6, 6.07) is 10.0. The number of hydrogen-bond acceptors (Lipinski definition) is 4. The van der Waals surface area contributed by atoms with Gasteiger partial charge in [0, 0.05) is 6.42 Å². The summed E-state index contributed by atoms with van der Waals surface area (Å²) in [6.45, 7) is 3.96. The Kier molecular flexibility index (Phi) is 3.66. The number of hydrogen-bond donors (Lipinski definition) is 0. The second kappa shape index (κ2) is 5.61. The highest BCUT2D eigenvalue weighted by molar-refractivity contribution is 7.15. The number of fused-ring (bicyclic) bond motifs is 1. The number of thiazole rings is 1. The van der Waals surface area contributed by atoms with Crippen molar-refractivity contribution >= 4 is 28.4 Å². The maximum atomic E-state index is 12.3. The van der Waals surface area contributed by atoms with Gasteiger partial charge in [-0.25, -0.2) is 4.98 Å². The normalized spacial score (nSPS) is 13.2. The summed E-state index contributed by atoms with van der Waals surface area (Å²) in [6.07, 6.45) is 4.68. The molecule has 0 aliphatic carbocycles. The third kappa shape index (κ3) is 2.78. The van der Waals surface area contributed by atoms with Gasteiger partial charge in [0.1, 0.15) is 0 Å². The molecular formula is C16H15N3OS. The van der Waals surface area contributed by atoms with Crippen LogP contribution in [0, 0.1) is 0 Å². The smallest absolute Gasteiger partial charge is 0.266 e. The van der Waals surface area contributed by atoms with E-state index in [0.29, 0.717) is 15.3 Å². The molecule has 0 unspecified atom stereocenters. The van der Waals surface area contributed by atoms with Gasteiger partial charge in [-0.15, -0.1) is 5.10 Å². The summed E-state index contributed by atoms with van der Waals surface area (Å²) in [5, 5.41) is 4.21. The molecule has 1 aromatic carbocycles. The molecule has 2 heterocycles. The highest BCUT2D eigenvalue weighted by Crippen LogP contribution is 2.08. The Balaban J connectivity index is 2.03. The van der Waals surface area contributed by atoms with Crippen molar-refractivity contribution in [3.05, 3.63) is 62.2 Å². The van der Waals surface area contributed by atoms with Crippen LogP contribution < -0.4 is 10.1 Å². The van der Waals surface area contributed by atoms with Crippen LogP contribution in [0.2, 0.25) is 0 Å². The molecule has 0 bridgehead atoms. The fraction of sp³-hybridized carbons (Fsp3) is 0.188. The lowest BCUT2D eigenvalue weighted by molar-refractivity contribution is 0.867. The molecule has 4 nitrogen and oxygen atoms in total. The molecule has 0 amide bonds. The highest BCUT2D eigenvalue weighted by Gasteiger charge is 2.08. The SMILES string of the molecule is CCc1nc2s/c(=C\C(C)=C\c3ccccc3)c(=O)n2n1. The fourth-order valence-electron chi connectivity index (χ4n) is 2.08. The molecule has 21 heavy (non-hydrogen) atoms. The molecule has 5 heteroatoms. The van der Waals surface area contributed by atoms with Gasteiger partial charge < -0.3 is 0 Å². The summed E-state index contributed by atoms with van der Waals surface area (Å²) >= 11 is 1.38. The zero-order chi connectivity index (χ0) is 14.8. The first-order valence-corrected chi connectivity index (χ1v) is 7.62. The average Bonchev–Trinajstić information content (AvgIpc) is 3.00. The first-order valence-electron chi connectivity index (χ1n) is 6.81. The largest absolute Gasteiger partial charge is 0.291 e. The van der Waals surface area contributed by atoms with Gasteiger partial charge in [-0.3, -0.25) is 4.79 Å². The van der Waals surface area contributed by atoms with Crippen LogP contribution in [0.1, 0.15) is 25.2 Å². The van der Waals surface area contributed by atoms with E-state index >= 15 is 0 Å². The molecule has 106 valence electrons. The molecule has 0 radical (unpaired) electrons. The molecular weight excluding hydrogens is 282 g/mol. The number of aromatic nitrogens is 3. The predicted molar refractivity (Wildman–Crippen MR) is 86.3 cm³/mol. The Labute approximate surface area is 126 Å². The van der Waals surface area contributed by atoms with Gasteiger partial charge in [-0.05, 0) is 24.1 Å². The minimum atomic E-state index is -0.0944. The number of allylic oxidation sites excluding steroid dienone is 1. The number of nitrogens with zero attached hydrogens (tertiary/aromatic N) is 3. The summed E-state index contributed by atoms with van der Waals surface area (Å²) in [5.41, 5.74) is 2.05. The van der Waals surface area contributed by atoms with Crippen LogP contribution in [0.3, 0.4) is 0 Å². The van der Waals surface area contributed by atoms with E-state index in [2.05, 4.69) is 10.1 Å². The third-order valence-electron chi connectivity index (χ3n) is 3.09. The summed E-state index contributed by atoms with van der Waals surface area (Å²) in [5.74, 6) is 0.710. The van der Waals surface area contributed by atoms with Crippen LogP contribution in [-0.4, -0.2) is 14.6 Å². The van der Waals surface area contributed by atoms with Crippen molar-refractivity contribution in [2.24, 2.45) is 0 Å². The minimum absolute atomic E-state index is 0.0944. The summed E-state index contributed by atoms with van der Waals surface area (Å²) in [4.78, 5) is 17.3. The van der Waals surface area contributed by atoms with E-state index in [9.17, 15) is 4.79 Å². The van der Waals surface area contributed by atoms with E-state index in [-0.39, 0.29) is 5.56 Å². The molecule has 0 saturated heterocycles. The predicted octanol–water partition coefficient (Wildman–Crippen LogP) is 2.32. The number of rotatable bonds is 3. The lowest BCUT2D eigenvalue weighted by Gasteiger charge is -1.93. The standard InChI is InChI=1S/C16H15N3OS/c1-3-14-17-16-19(18-14)15(20)13(21-16)10-11(2)9-12-7-5-4-6-8-12/h4-10H,3H2,1-2H3/b11-9+,13-10-. The number of benzene rings is 1. The second-order valence-corrected chi connectivity index (χ2v) is 5.80. The Bertz CT molecular complexity index is 906. The first kappa shape index (κ1) is 13.7. The lowest BCUT2D eigenvalue weighted by Crippen LogP contribution is -2.23. The van der Waals surface area contributed by atoms with Gasteiger partial charge in [-0.1, -0.05) is 54.7 Å². The van der Waals surface area contributed by atoms with E-state index in [4.69, 9.17) is 0 Å². The average molecular weight is 297 g/mol. The summed E-state index contributed by atoms with van der Waals surface area (Å²) < 4.78 is 2.06. The lowest BCUT2D eigenvalue weighted by atomic mass is 10.1. The topological polar surface area (TPSA) is 47.3 Å².